The second-order valence-corrected chi connectivity index (χ2v) is 5.38. The summed E-state index contributed by atoms with van der Waals surface area (Å²) < 4.78 is 13.6. The number of carboxylic acids is 1. The van der Waals surface area contributed by atoms with E-state index >= 15 is 0 Å². The quantitative estimate of drug-likeness (QED) is 0.201. The number of carbonyl (C=O) groups excluding carboxylic acids is 3. The number of carbonyl (C=O) groups is 4. The Morgan fingerprint density at radius 1 is 1.00 bits per heavy atom. The van der Waals surface area contributed by atoms with Crippen LogP contribution >= 0.6 is 0 Å². The van der Waals surface area contributed by atoms with Gasteiger partial charge >= 0.3 is 23.9 Å². The second-order valence-electron chi connectivity index (χ2n) is 5.38. The maximum atomic E-state index is 10.9. The summed E-state index contributed by atoms with van der Waals surface area (Å²) in [7, 11) is 1.31. The molecule has 0 saturated carbocycles. The molecule has 8 heteroatoms. The lowest BCUT2D eigenvalue weighted by molar-refractivity contribution is -0.139. The van der Waals surface area contributed by atoms with E-state index in [1.807, 2.05) is 0 Å². The molecule has 0 spiro atoms. The lowest BCUT2D eigenvalue weighted by Crippen LogP contribution is -2.06. The number of hydrogen-bond donors (Lipinski definition) is 1. The van der Waals surface area contributed by atoms with E-state index in [4.69, 9.17) is 9.84 Å². The molecule has 0 aromatic rings. The number of unbranched alkanes of at least 4 members (excludes halogenated alkanes) is 1. The van der Waals surface area contributed by atoms with Crippen LogP contribution in [-0.2, 0) is 33.4 Å². The predicted molar refractivity (Wildman–Crippen MR) is 110 cm³/mol. The predicted octanol–water partition coefficient (Wildman–Crippen LogP) is 3.39. The normalized spacial score (nSPS) is 9.34. The minimum Gasteiger partial charge on any atom is -0.478 e. The van der Waals surface area contributed by atoms with Crippen LogP contribution in [0.25, 0.3) is 0 Å². The summed E-state index contributed by atoms with van der Waals surface area (Å²) in [6.07, 6.45) is 4.27. The van der Waals surface area contributed by atoms with Crippen molar-refractivity contribution in [2.45, 2.75) is 40.5 Å². The van der Waals surface area contributed by atoms with Crippen molar-refractivity contribution in [3.63, 3.8) is 0 Å². The number of esters is 3. The molecule has 0 aromatic carbocycles. The van der Waals surface area contributed by atoms with Crippen LogP contribution in [0.1, 0.15) is 40.5 Å². The Morgan fingerprint density at radius 2 is 1.55 bits per heavy atom. The molecule has 0 aliphatic heterocycles. The van der Waals surface area contributed by atoms with Crippen molar-refractivity contribution >= 4 is 23.9 Å². The summed E-state index contributed by atoms with van der Waals surface area (Å²) in [5.41, 5.74) is 0.566. The van der Waals surface area contributed by atoms with Gasteiger partial charge in [0.25, 0.3) is 0 Å². The molecule has 0 aliphatic rings. The van der Waals surface area contributed by atoms with Gasteiger partial charge in [-0.25, -0.2) is 19.2 Å². The van der Waals surface area contributed by atoms with E-state index in [1.54, 1.807) is 13.8 Å². The molecule has 29 heavy (non-hydrogen) atoms. The highest BCUT2D eigenvalue weighted by atomic mass is 16.5. The van der Waals surface area contributed by atoms with Crippen molar-refractivity contribution in [2.24, 2.45) is 0 Å². The van der Waals surface area contributed by atoms with Gasteiger partial charge < -0.3 is 19.3 Å². The van der Waals surface area contributed by atoms with Gasteiger partial charge in [0.15, 0.2) is 0 Å². The lowest BCUT2D eigenvalue weighted by atomic mass is 10.2. The monoisotopic (exact) mass is 412 g/mol. The molecule has 0 aliphatic carbocycles. The molecular weight excluding hydrogens is 380 g/mol. The van der Waals surface area contributed by atoms with E-state index in [2.05, 4.69) is 36.1 Å². The smallest absolute Gasteiger partial charge is 0.337 e. The summed E-state index contributed by atoms with van der Waals surface area (Å²) in [4.78, 5) is 41.8. The van der Waals surface area contributed by atoms with Crippen molar-refractivity contribution in [1.29, 1.82) is 0 Å². The Labute approximate surface area is 172 Å². The van der Waals surface area contributed by atoms with Crippen molar-refractivity contribution in [3.05, 3.63) is 48.6 Å². The Kier molecular flexibility index (Phi) is 20.7. The maximum absolute atomic E-state index is 10.9. The van der Waals surface area contributed by atoms with Gasteiger partial charge in [-0.1, -0.05) is 33.1 Å². The number of aliphatic carboxylic acids is 1. The van der Waals surface area contributed by atoms with Crippen molar-refractivity contribution in [3.8, 4) is 0 Å². The first-order valence-electron chi connectivity index (χ1n) is 8.78. The van der Waals surface area contributed by atoms with Crippen molar-refractivity contribution < 1.29 is 38.5 Å². The lowest BCUT2D eigenvalue weighted by Gasteiger charge is -2.01. The molecule has 0 rings (SSSR count). The summed E-state index contributed by atoms with van der Waals surface area (Å²) in [6.45, 7) is 17.5. The van der Waals surface area contributed by atoms with E-state index in [-0.39, 0.29) is 23.7 Å². The van der Waals surface area contributed by atoms with Gasteiger partial charge in [0, 0.05) is 17.2 Å². The van der Waals surface area contributed by atoms with E-state index in [0.717, 1.165) is 18.9 Å². The van der Waals surface area contributed by atoms with Gasteiger partial charge in [-0.2, -0.15) is 0 Å². The summed E-state index contributed by atoms with van der Waals surface area (Å²) in [6, 6.07) is 0. The van der Waals surface area contributed by atoms with Crippen molar-refractivity contribution in [1.82, 2.24) is 0 Å². The molecule has 0 radical (unpaired) electrons. The minimum atomic E-state index is -1.08. The molecule has 8 nitrogen and oxygen atoms in total. The van der Waals surface area contributed by atoms with Gasteiger partial charge in [-0.15, -0.1) is 0 Å². The van der Waals surface area contributed by atoms with Crippen LogP contribution in [-0.4, -0.2) is 49.3 Å². The average molecular weight is 412 g/mol. The molecule has 0 atom stereocenters. The van der Waals surface area contributed by atoms with E-state index in [1.165, 1.54) is 20.1 Å². The first kappa shape index (κ1) is 30.6. The standard InChI is InChI=1S/C9H12O4.C8H14O2.C4H6O2/c1-4-13-9(12)7(3)5-6(2)8(10)11;1-4-5-6-10-8(9)7(2)3;1-3-4(5)6-2/h5H,3-4H2,1-2H3,(H,10,11);2,4-6H2,1,3H3;3H,1H2,2H3. The zero-order chi connectivity index (χ0) is 23.4. The fourth-order valence-electron chi connectivity index (χ4n) is 1.12. The Balaban J connectivity index is -0.000000375. The summed E-state index contributed by atoms with van der Waals surface area (Å²) >= 11 is 0. The highest BCUT2D eigenvalue weighted by molar-refractivity contribution is 5.94. The molecule has 0 amide bonds. The number of hydrogen-bond acceptors (Lipinski definition) is 7. The number of carboxylic acid groups (broad SMARTS) is 1. The Bertz CT molecular complexity index is 614. The average Bonchev–Trinajstić information content (AvgIpc) is 2.68. The minimum absolute atomic E-state index is 0.0433. The molecule has 0 unspecified atom stereocenters. The van der Waals surface area contributed by atoms with Gasteiger partial charge in [-0.3, -0.25) is 0 Å². The zero-order valence-corrected chi connectivity index (χ0v) is 17.9. The Morgan fingerprint density at radius 3 is 1.86 bits per heavy atom. The largest absolute Gasteiger partial charge is 0.478 e. The van der Waals surface area contributed by atoms with Crippen LogP contribution < -0.4 is 0 Å². The highest BCUT2D eigenvalue weighted by Gasteiger charge is 2.07. The SMILES string of the molecule is C=C(C)C(=O)OCCCC.C=C(C=C(C)C(=O)O)C(=O)OCC.C=CC(=O)OC. The van der Waals surface area contributed by atoms with Crippen LogP contribution in [0.4, 0.5) is 0 Å². The van der Waals surface area contributed by atoms with Crippen LogP contribution in [0.3, 0.4) is 0 Å². The molecule has 0 saturated heterocycles. The van der Waals surface area contributed by atoms with Gasteiger partial charge in [0.1, 0.15) is 0 Å². The number of methoxy groups -OCH3 is 1. The fraction of sp³-hybridized carbons (Fsp3) is 0.429. The van der Waals surface area contributed by atoms with Crippen LogP contribution in [0, 0.1) is 0 Å². The molecule has 164 valence electrons. The number of ether oxygens (including phenoxy) is 3. The first-order chi connectivity index (χ1) is 13.5. The first-order valence-corrected chi connectivity index (χ1v) is 8.78. The van der Waals surface area contributed by atoms with Gasteiger partial charge in [-0.05, 0) is 33.3 Å². The molecule has 0 aromatic heterocycles. The highest BCUT2D eigenvalue weighted by Crippen LogP contribution is 2.02. The van der Waals surface area contributed by atoms with E-state index in [9.17, 15) is 19.2 Å². The molecule has 0 bridgehead atoms. The topological polar surface area (TPSA) is 116 Å². The van der Waals surface area contributed by atoms with E-state index < -0.39 is 17.9 Å². The fourth-order valence-corrected chi connectivity index (χ4v) is 1.12. The third-order valence-corrected chi connectivity index (χ3v) is 2.71. The Hall–Kier alpha value is -3.16. The number of rotatable bonds is 9. The van der Waals surface area contributed by atoms with E-state index in [0.29, 0.717) is 12.2 Å². The summed E-state index contributed by atoms with van der Waals surface area (Å²) in [5, 5.41) is 8.48. The third-order valence-electron chi connectivity index (χ3n) is 2.71. The molecule has 1 N–H and O–H groups in total. The molecule has 0 heterocycles. The van der Waals surface area contributed by atoms with Crippen LogP contribution in [0.2, 0.25) is 0 Å². The maximum Gasteiger partial charge on any atom is 0.337 e. The molecule has 0 fully saturated rings. The van der Waals surface area contributed by atoms with Gasteiger partial charge in [0.2, 0.25) is 0 Å². The van der Waals surface area contributed by atoms with Gasteiger partial charge in [0.05, 0.1) is 25.9 Å². The summed E-state index contributed by atoms with van der Waals surface area (Å²) in [5.74, 6) is -2.35. The molecular formula is C21H32O8. The zero-order valence-electron chi connectivity index (χ0n) is 17.9. The van der Waals surface area contributed by atoms with Crippen molar-refractivity contribution in [2.75, 3.05) is 20.3 Å². The second kappa shape index (κ2) is 19.6. The van der Waals surface area contributed by atoms with Crippen LogP contribution in [0.5, 0.6) is 0 Å². The third kappa shape index (κ3) is 21.0. The van der Waals surface area contributed by atoms with Crippen LogP contribution in [0.15, 0.2) is 48.6 Å².